The van der Waals surface area contributed by atoms with Crippen LogP contribution < -0.4 is 0 Å². The molecule has 2 saturated heterocycles. The van der Waals surface area contributed by atoms with E-state index in [1.54, 1.807) is 0 Å². The zero-order valence-corrected chi connectivity index (χ0v) is 6.83. The van der Waals surface area contributed by atoms with Crippen LogP contribution in [0.15, 0.2) is 0 Å². The van der Waals surface area contributed by atoms with Gasteiger partial charge in [-0.15, -0.1) is 0 Å². The molecule has 2 rings (SSSR count). The van der Waals surface area contributed by atoms with Crippen LogP contribution in [0.2, 0.25) is 0 Å². The minimum Gasteiger partial charge on any atom is -0.343 e. The van der Waals surface area contributed by atoms with Crippen LogP contribution in [0.5, 0.6) is 0 Å². The summed E-state index contributed by atoms with van der Waals surface area (Å²) in [5.74, 6) is 0.0220. The number of alkyl halides is 1. The number of hydrogen-bond acceptors (Lipinski definition) is 3. The van der Waals surface area contributed by atoms with Gasteiger partial charge in [0.1, 0.15) is 0 Å². The number of carbonyl (C=O) groups is 1. The van der Waals surface area contributed by atoms with E-state index < -0.39 is 6.29 Å². The monoisotopic (exact) mass is 206 g/mol. The highest BCUT2D eigenvalue weighted by Gasteiger charge is 2.41. The number of halogens is 1. The number of rotatable bonds is 0. The first-order valence-corrected chi connectivity index (χ1v) is 4.14. The second-order valence-corrected chi connectivity index (χ2v) is 3.63. The van der Waals surface area contributed by atoms with Gasteiger partial charge in [-0.2, -0.15) is 0 Å². The fourth-order valence-corrected chi connectivity index (χ4v) is 1.85. The molecule has 3 atom stereocenters. The van der Waals surface area contributed by atoms with E-state index in [1.165, 1.54) is 0 Å². The van der Waals surface area contributed by atoms with Crippen molar-refractivity contribution in [1.29, 1.82) is 0 Å². The minimum absolute atomic E-state index is 0.0220. The molecule has 0 amide bonds. The van der Waals surface area contributed by atoms with Gasteiger partial charge >= 0.3 is 0 Å². The molecule has 3 nitrogen and oxygen atoms in total. The summed E-state index contributed by atoms with van der Waals surface area (Å²) in [7, 11) is 0. The van der Waals surface area contributed by atoms with Gasteiger partial charge in [0.25, 0.3) is 0 Å². The number of Topliss-reactive ketones (excluding diaryl/α,β-unsaturated/α-hetero) is 1. The zero-order valence-electron chi connectivity index (χ0n) is 5.25. The lowest BCUT2D eigenvalue weighted by Crippen LogP contribution is -2.36. The highest BCUT2D eigenvalue weighted by Crippen LogP contribution is 2.28. The number of ether oxygens (including phenoxy) is 2. The van der Waals surface area contributed by atoms with Crippen LogP contribution >= 0.6 is 15.9 Å². The van der Waals surface area contributed by atoms with Crippen LogP contribution in [-0.2, 0) is 14.3 Å². The first-order valence-electron chi connectivity index (χ1n) is 3.22. The maximum absolute atomic E-state index is 11.1. The van der Waals surface area contributed by atoms with E-state index in [0.29, 0.717) is 6.61 Å². The van der Waals surface area contributed by atoms with E-state index in [4.69, 9.17) is 9.47 Å². The summed E-state index contributed by atoms with van der Waals surface area (Å²) in [5, 5.41) is 0. The fourth-order valence-electron chi connectivity index (χ4n) is 1.22. The molecule has 2 aliphatic rings. The summed E-state index contributed by atoms with van der Waals surface area (Å²) in [6.45, 7) is 0.568. The third-order valence-corrected chi connectivity index (χ3v) is 2.59. The zero-order chi connectivity index (χ0) is 7.14. The molecule has 0 radical (unpaired) electrons. The SMILES string of the molecule is O=C1C(Br)C[C@H]2CO[C@@H]1O2. The molecule has 56 valence electrons. The third kappa shape index (κ3) is 0.909. The summed E-state index contributed by atoms with van der Waals surface area (Å²) < 4.78 is 10.2. The van der Waals surface area contributed by atoms with Crippen molar-refractivity contribution in [2.24, 2.45) is 0 Å². The van der Waals surface area contributed by atoms with Gasteiger partial charge in [0, 0.05) is 0 Å². The predicted molar refractivity (Wildman–Crippen MR) is 37.0 cm³/mol. The molecule has 4 heteroatoms. The molecule has 0 aromatic rings. The molecule has 1 unspecified atom stereocenters. The highest BCUT2D eigenvalue weighted by atomic mass is 79.9. The lowest BCUT2D eigenvalue weighted by molar-refractivity contribution is -0.151. The maximum Gasteiger partial charge on any atom is 0.219 e. The lowest BCUT2D eigenvalue weighted by Gasteiger charge is -2.20. The predicted octanol–water partition coefficient (Wildman–Crippen LogP) is 0.464. The number of ketones is 1. The normalized spacial score (nSPS) is 46.1. The molecule has 2 aliphatic heterocycles. The molecule has 0 aromatic heterocycles. The van der Waals surface area contributed by atoms with Gasteiger partial charge in [-0.25, -0.2) is 0 Å². The van der Waals surface area contributed by atoms with Gasteiger partial charge in [-0.3, -0.25) is 4.79 Å². The summed E-state index contributed by atoms with van der Waals surface area (Å²) in [5.41, 5.74) is 0. The largest absolute Gasteiger partial charge is 0.343 e. The first-order chi connectivity index (χ1) is 4.77. The van der Waals surface area contributed by atoms with E-state index in [-0.39, 0.29) is 16.7 Å². The Hall–Kier alpha value is 0.0700. The second kappa shape index (κ2) is 2.29. The Morgan fingerprint density at radius 1 is 1.60 bits per heavy atom. The van der Waals surface area contributed by atoms with Crippen molar-refractivity contribution >= 4 is 21.7 Å². The van der Waals surface area contributed by atoms with Crippen molar-refractivity contribution in [3.05, 3.63) is 0 Å². The van der Waals surface area contributed by atoms with E-state index in [1.807, 2.05) is 0 Å². The van der Waals surface area contributed by atoms with Gasteiger partial charge in [0.05, 0.1) is 17.5 Å². The van der Waals surface area contributed by atoms with Crippen LogP contribution in [0.3, 0.4) is 0 Å². The van der Waals surface area contributed by atoms with Gasteiger partial charge < -0.3 is 9.47 Å². The van der Waals surface area contributed by atoms with Crippen LogP contribution in [0.1, 0.15) is 6.42 Å². The summed E-state index contributed by atoms with van der Waals surface area (Å²) in [6.07, 6.45) is 0.296. The van der Waals surface area contributed by atoms with Crippen LogP contribution in [0.4, 0.5) is 0 Å². The van der Waals surface area contributed by atoms with Crippen LogP contribution in [0.25, 0.3) is 0 Å². The summed E-state index contributed by atoms with van der Waals surface area (Å²) >= 11 is 3.26. The quantitative estimate of drug-likeness (QED) is 0.541. The molecule has 2 heterocycles. The topological polar surface area (TPSA) is 35.5 Å². The molecule has 2 bridgehead atoms. The Labute approximate surface area is 66.8 Å². The van der Waals surface area contributed by atoms with Crippen molar-refractivity contribution in [2.45, 2.75) is 23.6 Å². The smallest absolute Gasteiger partial charge is 0.219 e. The average molecular weight is 207 g/mol. The van der Waals surface area contributed by atoms with Crippen molar-refractivity contribution in [3.8, 4) is 0 Å². The standard InChI is InChI=1S/C6H7BrO3/c7-4-1-3-2-9-6(10-3)5(4)8/h3-4,6H,1-2H2/t3-,4?,6+/m0/s1. The lowest BCUT2D eigenvalue weighted by atomic mass is 10.1. The molecular weight excluding hydrogens is 200 g/mol. The van der Waals surface area contributed by atoms with Crippen molar-refractivity contribution in [2.75, 3.05) is 6.61 Å². The minimum atomic E-state index is -0.580. The van der Waals surface area contributed by atoms with E-state index >= 15 is 0 Å². The van der Waals surface area contributed by atoms with E-state index in [9.17, 15) is 4.79 Å². The van der Waals surface area contributed by atoms with Crippen molar-refractivity contribution in [3.63, 3.8) is 0 Å². The Balaban J connectivity index is 2.17. The van der Waals surface area contributed by atoms with Crippen molar-refractivity contribution < 1.29 is 14.3 Å². The summed E-state index contributed by atoms with van der Waals surface area (Å²) in [4.78, 5) is 11.0. The molecular formula is C6H7BrO3. The molecule has 10 heavy (non-hydrogen) atoms. The Morgan fingerprint density at radius 3 is 3.20 bits per heavy atom. The molecule has 0 spiro atoms. The van der Waals surface area contributed by atoms with Gasteiger partial charge in [-0.05, 0) is 6.42 Å². The molecule has 0 N–H and O–H groups in total. The van der Waals surface area contributed by atoms with Gasteiger partial charge in [-0.1, -0.05) is 15.9 Å². The van der Waals surface area contributed by atoms with Crippen LogP contribution in [0, 0.1) is 0 Å². The Morgan fingerprint density at radius 2 is 2.40 bits per heavy atom. The van der Waals surface area contributed by atoms with Crippen LogP contribution in [-0.4, -0.2) is 29.6 Å². The average Bonchev–Trinajstić information content (AvgIpc) is 2.29. The molecule has 0 aromatic carbocycles. The second-order valence-electron chi connectivity index (χ2n) is 2.53. The Bertz CT molecular complexity index is 170. The Kier molecular flexibility index (Phi) is 1.55. The molecule has 0 saturated carbocycles. The number of hydrogen-bond donors (Lipinski definition) is 0. The molecule has 2 fully saturated rings. The fraction of sp³-hybridized carbons (Fsp3) is 0.833. The molecule has 0 aliphatic carbocycles. The van der Waals surface area contributed by atoms with Gasteiger partial charge in [0.2, 0.25) is 12.1 Å². The maximum atomic E-state index is 11.1. The van der Waals surface area contributed by atoms with Crippen molar-refractivity contribution in [1.82, 2.24) is 0 Å². The highest BCUT2D eigenvalue weighted by molar-refractivity contribution is 9.10. The first kappa shape index (κ1) is 6.76. The van der Waals surface area contributed by atoms with E-state index in [0.717, 1.165) is 6.42 Å². The number of fused-ring (bicyclic) bond motifs is 2. The van der Waals surface area contributed by atoms with E-state index in [2.05, 4.69) is 15.9 Å². The summed E-state index contributed by atoms with van der Waals surface area (Å²) in [6, 6.07) is 0. The third-order valence-electron chi connectivity index (χ3n) is 1.76. The number of carbonyl (C=O) groups excluding carboxylic acids is 1. The van der Waals surface area contributed by atoms with Gasteiger partial charge in [0.15, 0.2) is 0 Å².